The Morgan fingerprint density at radius 3 is 2.56 bits per heavy atom. The first-order valence-electron chi connectivity index (χ1n) is 2.76. The van der Waals surface area contributed by atoms with E-state index in [0.29, 0.717) is 6.61 Å². The Kier molecular flexibility index (Phi) is 4.40. The summed E-state index contributed by atoms with van der Waals surface area (Å²) in [6.07, 6.45) is 4.02. The van der Waals surface area contributed by atoms with Crippen LogP contribution in [0.4, 0.5) is 0 Å². The van der Waals surface area contributed by atoms with Crippen molar-refractivity contribution in [2.75, 3.05) is 19.1 Å². The van der Waals surface area contributed by atoms with Gasteiger partial charge in [-0.15, -0.1) is 0 Å². The van der Waals surface area contributed by atoms with Crippen LogP contribution in [0.1, 0.15) is 6.92 Å². The summed E-state index contributed by atoms with van der Waals surface area (Å²) in [5, 5.41) is 10.6. The lowest BCUT2D eigenvalue weighted by atomic mass is 10.8. The van der Waals surface area contributed by atoms with Crippen molar-refractivity contribution < 1.29 is 9.84 Å². The maximum Gasteiger partial charge on any atom is 0.326 e. The molecule has 2 nitrogen and oxygen atoms in total. The predicted octanol–water partition coefficient (Wildman–Crippen LogP) is 1.26. The summed E-state index contributed by atoms with van der Waals surface area (Å²) in [6.45, 7) is 2.37. The highest BCUT2D eigenvalue weighted by atomic mass is 32.2. The molecule has 0 aliphatic heterocycles. The Morgan fingerprint density at radius 2 is 2.22 bits per heavy atom. The molecule has 0 atom stereocenters. The third kappa shape index (κ3) is 5.56. The smallest absolute Gasteiger partial charge is 0.326 e. The zero-order chi connectivity index (χ0) is 7.28. The van der Waals surface area contributed by atoms with Crippen molar-refractivity contribution >= 4 is 10.9 Å². The molecule has 0 rings (SSSR count). The number of rotatable bonds is 3. The van der Waals surface area contributed by atoms with E-state index < -0.39 is 0 Å². The van der Waals surface area contributed by atoms with E-state index in [-0.39, 0.29) is 16.8 Å². The number of ether oxygens (including phenoxy) is 1. The van der Waals surface area contributed by atoms with E-state index in [1.165, 1.54) is 0 Å². The second-order valence-corrected chi connectivity index (χ2v) is 3.76. The molecule has 0 aliphatic carbocycles. The fourth-order valence-electron chi connectivity index (χ4n) is 0.384. The molecule has 0 unspecified atom stereocenters. The van der Waals surface area contributed by atoms with Crippen LogP contribution in [0.2, 0.25) is 0 Å². The molecule has 0 amide bonds. The van der Waals surface area contributed by atoms with Crippen molar-refractivity contribution in [2.45, 2.75) is 6.92 Å². The molecule has 0 radical (unpaired) electrons. The van der Waals surface area contributed by atoms with Gasteiger partial charge in [0, 0.05) is 10.9 Å². The molecule has 0 saturated carbocycles. The molecule has 3 heteroatoms. The molecule has 0 aromatic rings. The minimum Gasteiger partial charge on any atom is -0.478 e. The summed E-state index contributed by atoms with van der Waals surface area (Å²) in [5.74, 6) is 0.0471. The van der Waals surface area contributed by atoms with Gasteiger partial charge in [-0.05, 0) is 6.92 Å². The highest BCUT2D eigenvalue weighted by Crippen LogP contribution is 1.95. The molecule has 54 valence electrons. The third-order valence-corrected chi connectivity index (χ3v) is 1.30. The average Bonchev–Trinajstić information content (AvgIpc) is 1.63. The third-order valence-electron chi connectivity index (χ3n) is 0.629. The van der Waals surface area contributed by atoms with Crippen LogP contribution < -0.4 is 0 Å². The van der Waals surface area contributed by atoms with Crippen LogP contribution in [-0.2, 0) is 15.6 Å². The lowest BCUT2D eigenvalue weighted by molar-refractivity contribution is 0.104. The van der Waals surface area contributed by atoms with Gasteiger partial charge in [-0.1, -0.05) is 0 Å². The number of aliphatic hydroxyl groups excluding tert-OH is 1. The fourth-order valence-corrected chi connectivity index (χ4v) is 0.855. The van der Waals surface area contributed by atoms with Gasteiger partial charge in [-0.3, -0.25) is 0 Å². The normalized spacial score (nSPS) is 12.2. The first-order valence-corrected chi connectivity index (χ1v) is 4.87. The zero-order valence-corrected chi connectivity index (χ0v) is 6.86. The molecular weight excluding hydrogens is 136 g/mol. The van der Waals surface area contributed by atoms with E-state index in [9.17, 15) is 0 Å². The zero-order valence-electron chi connectivity index (χ0n) is 6.05. The summed E-state index contributed by atoms with van der Waals surface area (Å²) < 4.78 is 4.78. The van der Waals surface area contributed by atoms with Gasteiger partial charge in [0.25, 0.3) is 0 Å². The van der Waals surface area contributed by atoms with Gasteiger partial charge < -0.3 is 9.84 Å². The molecule has 0 saturated heterocycles. The van der Waals surface area contributed by atoms with Crippen molar-refractivity contribution in [1.82, 2.24) is 0 Å². The van der Waals surface area contributed by atoms with Crippen molar-refractivity contribution in [3.05, 3.63) is 11.4 Å². The number of hydrogen-bond donors (Lipinski definition) is 1. The van der Waals surface area contributed by atoms with Crippen LogP contribution in [0, 0.1) is 0 Å². The Morgan fingerprint density at radius 1 is 1.67 bits per heavy atom. The second-order valence-electron chi connectivity index (χ2n) is 1.77. The maximum atomic E-state index is 8.87. The van der Waals surface area contributed by atoms with Crippen molar-refractivity contribution in [2.24, 2.45) is 0 Å². The van der Waals surface area contributed by atoms with Gasteiger partial charge in [0.15, 0.2) is 5.41 Å². The highest BCUT2D eigenvalue weighted by molar-refractivity contribution is 7.98. The maximum absolute atomic E-state index is 8.87. The molecule has 0 aromatic heterocycles. The summed E-state index contributed by atoms with van der Waals surface area (Å²) >= 11 is 0. The van der Waals surface area contributed by atoms with E-state index in [1.807, 2.05) is 19.4 Å². The van der Waals surface area contributed by atoms with Gasteiger partial charge in [0.2, 0.25) is 0 Å². The van der Waals surface area contributed by atoms with Crippen LogP contribution in [0.15, 0.2) is 11.4 Å². The van der Waals surface area contributed by atoms with Gasteiger partial charge in [0.1, 0.15) is 12.5 Å². The summed E-state index contributed by atoms with van der Waals surface area (Å²) in [5.41, 5.74) is 0. The molecule has 0 aliphatic rings. The predicted molar refractivity (Wildman–Crippen MR) is 41.6 cm³/mol. The monoisotopic (exact) mass is 149 g/mol. The highest BCUT2D eigenvalue weighted by Gasteiger charge is 2.00. The molecule has 1 N–H and O–H groups in total. The van der Waals surface area contributed by atoms with Crippen LogP contribution >= 0.6 is 0 Å². The molecule has 0 bridgehead atoms. The van der Waals surface area contributed by atoms with Crippen LogP contribution in [-0.4, -0.2) is 24.2 Å². The van der Waals surface area contributed by atoms with Crippen molar-refractivity contribution in [1.29, 1.82) is 0 Å². The lowest BCUT2D eigenvalue weighted by Crippen LogP contribution is -1.95. The molecule has 9 heavy (non-hydrogen) atoms. The number of hydrogen-bond acceptors (Lipinski definition) is 2. The van der Waals surface area contributed by atoms with Gasteiger partial charge in [-0.25, -0.2) is 0 Å². The Hall–Kier alpha value is -0.310. The average molecular weight is 149 g/mol. The minimum atomic E-state index is 0.0471. The van der Waals surface area contributed by atoms with Gasteiger partial charge in [-0.2, -0.15) is 0 Å². The topological polar surface area (TPSA) is 29.5 Å². The van der Waals surface area contributed by atoms with Crippen molar-refractivity contribution in [3.8, 4) is 0 Å². The summed E-state index contributed by atoms with van der Waals surface area (Å²) in [4.78, 5) is 0. The molecule has 0 fully saturated rings. The van der Waals surface area contributed by atoms with E-state index in [0.717, 1.165) is 0 Å². The standard InChI is InChI=1S/C6H12O2S/c1-4-8-6(7)5-9(2)3/h5H,4H2,1-3H3/p+1/b6-5+. The Labute approximate surface area is 58.9 Å². The lowest BCUT2D eigenvalue weighted by Gasteiger charge is -1.96. The number of aliphatic hydroxyl groups is 1. The fraction of sp³-hybridized carbons (Fsp3) is 0.667. The first kappa shape index (κ1) is 8.69. The molecule has 0 heterocycles. The summed E-state index contributed by atoms with van der Waals surface area (Å²) in [7, 11) is 0.116. The largest absolute Gasteiger partial charge is 0.478 e. The molecule has 0 spiro atoms. The second kappa shape index (κ2) is 4.56. The minimum absolute atomic E-state index is 0.0471. The van der Waals surface area contributed by atoms with Gasteiger partial charge >= 0.3 is 5.95 Å². The van der Waals surface area contributed by atoms with Crippen LogP contribution in [0.3, 0.4) is 0 Å². The van der Waals surface area contributed by atoms with E-state index in [1.54, 1.807) is 5.41 Å². The Bertz CT molecular complexity index is 99.2. The van der Waals surface area contributed by atoms with Crippen LogP contribution in [0.25, 0.3) is 0 Å². The molecular formula is C6H13O2S+. The van der Waals surface area contributed by atoms with Crippen LogP contribution in [0.5, 0.6) is 0 Å². The SMILES string of the molecule is CCO/C(O)=C/[S+](C)C. The van der Waals surface area contributed by atoms with E-state index in [2.05, 4.69) is 0 Å². The first-order chi connectivity index (χ1) is 4.16. The van der Waals surface area contributed by atoms with E-state index >= 15 is 0 Å². The summed E-state index contributed by atoms with van der Waals surface area (Å²) in [6, 6.07) is 0. The van der Waals surface area contributed by atoms with Gasteiger partial charge in [0.05, 0.1) is 6.61 Å². The van der Waals surface area contributed by atoms with Crippen molar-refractivity contribution in [3.63, 3.8) is 0 Å². The Balaban J connectivity index is 3.55. The quantitative estimate of drug-likeness (QED) is 0.483. The molecule has 0 aromatic carbocycles. The van der Waals surface area contributed by atoms with E-state index in [4.69, 9.17) is 9.84 Å².